The van der Waals surface area contributed by atoms with E-state index in [1.165, 1.54) is 71.1 Å². The van der Waals surface area contributed by atoms with Gasteiger partial charge in [-0.25, -0.2) is 4.79 Å². The number of fused-ring (bicyclic) bond motifs is 1. The first-order valence-corrected chi connectivity index (χ1v) is 35.9. The van der Waals surface area contributed by atoms with E-state index in [-0.39, 0.29) is 28.8 Å². The number of aliphatic hydroxyl groups excluding tert-OH is 2. The SMILES string of the molecule is C=C(C)CCC[C@H](C)CCO.C=C(C)[C@@H]1CC=C(C(=O)O)CC1.C=C(C)[C@@H]1CCC2=CC(=O)C[C@@H](C)[C@]2(C)C1.C=C(C)[C@@H]1CC[C@@H](C)[C@H](O)C1.CC(C)=CCCBr.CC/C=C/CC1=C(C)CCC1=O.CC/C=C\CCOC=O.CCOC(=O)C1C(C=C(C)C)C1(C)C. The number of alkyl halides is 1. The zero-order valence-corrected chi connectivity index (χ0v) is 63.1. The van der Waals surface area contributed by atoms with Gasteiger partial charge in [0.15, 0.2) is 11.6 Å². The number of hydrogen-bond donors (Lipinski definition) is 3. The minimum Gasteiger partial charge on any atom is -0.478 e. The molecule has 0 heterocycles. The van der Waals surface area contributed by atoms with Crippen LogP contribution >= 0.6 is 15.9 Å². The Bertz CT molecular complexity index is 2490. The highest BCUT2D eigenvalue weighted by Crippen LogP contribution is 2.60. The molecule has 10 nitrogen and oxygen atoms in total. The second-order valence-electron chi connectivity index (χ2n) is 28.1. The van der Waals surface area contributed by atoms with E-state index in [2.05, 4.69) is 182 Å². The van der Waals surface area contributed by atoms with Crippen LogP contribution in [0.3, 0.4) is 0 Å². The normalized spacial score (nSPS) is 24.2. The van der Waals surface area contributed by atoms with Gasteiger partial charge in [0, 0.05) is 30.4 Å². The lowest BCUT2D eigenvalue weighted by Gasteiger charge is -2.47. The molecule has 0 bridgehead atoms. The van der Waals surface area contributed by atoms with Crippen molar-refractivity contribution in [2.24, 2.45) is 58.2 Å². The second kappa shape index (κ2) is 49.8. The van der Waals surface area contributed by atoms with Gasteiger partial charge in [-0.05, 0) is 249 Å². The largest absolute Gasteiger partial charge is 0.478 e. The molecule has 0 radical (unpaired) electrons. The number of ether oxygens (including phenoxy) is 2. The van der Waals surface area contributed by atoms with Crippen molar-refractivity contribution >= 4 is 45.9 Å². The first kappa shape index (κ1) is 89.3. The highest BCUT2D eigenvalue weighted by atomic mass is 79.9. The van der Waals surface area contributed by atoms with E-state index in [1.807, 2.05) is 38.2 Å². The van der Waals surface area contributed by atoms with Gasteiger partial charge in [-0.1, -0.05) is 185 Å². The Morgan fingerprint density at radius 1 is 0.793 bits per heavy atom. The number of carbonyl (C=O) groups is 5. The molecule has 3 fully saturated rings. The van der Waals surface area contributed by atoms with E-state index in [0.29, 0.717) is 91.3 Å². The summed E-state index contributed by atoms with van der Waals surface area (Å²) in [5.41, 5.74) is 12.3. The number of carbonyl (C=O) groups excluding carboxylic acids is 4. The molecule has 0 saturated heterocycles. The third-order valence-electron chi connectivity index (χ3n) is 18.8. The molecule has 11 heteroatoms. The third kappa shape index (κ3) is 38.0. The summed E-state index contributed by atoms with van der Waals surface area (Å²) < 4.78 is 9.49. The summed E-state index contributed by atoms with van der Waals surface area (Å²) in [5.74, 6) is 3.67. The number of Topliss-reactive ketones (excluding diaryl/α,β-unsaturated/α-hetero) is 1. The van der Waals surface area contributed by atoms with Gasteiger partial charge in [-0.15, -0.1) is 6.58 Å². The molecule has 0 spiro atoms. The monoisotopic (exact) mass is 1340 g/mol. The maximum atomic E-state index is 11.6. The standard InChI is InChI=1S/C15H22O.C12H20O2.C11H16O.C10H14O2.C10H18O.C10H20O.C7H12O2.C6H11Br/c1-10(2)12-5-6-13-8-14(16)7-11(3)15(13,4)9-12;1-6-14-11(13)10-9(7-8(2)3)12(10,4)5;1-3-4-5-6-10-9(2)7-8-11(10)12;1-7(2)8-3-5-9(6-4-8)10(11)12;1-7(2)9-5-4-8(3)10(11)6-9;1-9(2)5-4-6-10(3)7-8-11;1-2-3-4-5-6-9-7-8;1-6(2)4-3-5-7/h8,11-12H,1,5-7,9H2,2-4H3;7,9-10H,6H2,1-5H3;4-5H,3,6-8H2,1-2H3;5,8H,1,3-4,6H2,2H3,(H,11,12);8-11H,1,4-6H2,2-3H3;10-11H,1,4-8H2,2-3H3;3-4,7H,2,5-6H2,1H3;4H,3,5H2,1-2H3/b;;5-4+;;;;4-3-;/t11-,12-,15+;;;8-;8-,9-,10-;10-;;/m1..110../s1. The van der Waals surface area contributed by atoms with Crippen molar-refractivity contribution in [1.82, 2.24) is 0 Å². The Kier molecular flexibility index (Phi) is 48.3. The maximum Gasteiger partial charge on any atom is 0.331 e. The molecule has 92 heavy (non-hydrogen) atoms. The zero-order chi connectivity index (χ0) is 70.7. The number of carboxylic acids is 1. The van der Waals surface area contributed by atoms with Crippen LogP contribution < -0.4 is 0 Å². The van der Waals surface area contributed by atoms with Crippen molar-refractivity contribution in [3.63, 3.8) is 0 Å². The summed E-state index contributed by atoms with van der Waals surface area (Å²) >= 11 is 3.33. The van der Waals surface area contributed by atoms with Gasteiger partial charge in [0.25, 0.3) is 6.47 Å². The van der Waals surface area contributed by atoms with E-state index in [4.69, 9.17) is 14.9 Å². The van der Waals surface area contributed by atoms with Crippen molar-refractivity contribution < 1.29 is 48.8 Å². The molecule has 6 aliphatic carbocycles. The molecule has 524 valence electrons. The summed E-state index contributed by atoms with van der Waals surface area (Å²) in [6.07, 6.45) is 37.4. The van der Waals surface area contributed by atoms with Gasteiger partial charge in [-0.3, -0.25) is 19.2 Å². The van der Waals surface area contributed by atoms with E-state index in [1.54, 1.807) is 0 Å². The molecule has 3 N–H and O–H groups in total. The van der Waals surface area contributed by atoms with Crippen LogP contribution in [0.15, 0.2) is 131 Å². The molecule has 0 aromatic rings. The quantitative estimate of drug-likeness (QED) is 0.0295. The summed E-state index contributed by atoms with van der Waals surface area (Å²) in [6, 6.07) is 0. The topological polar surface area (TPSA) is 164 Å². The second-order valence-corrected chi connectivity index (χ2v) is 28.9. The Hall–Kier alpha value is -4.71. The highest BCUT2D eigenvalue weighted by Gasteiger charge is 2.61. The van der Waals surface area contributed by atoms with Crippen LogP contribution in [0.1, 0.15) is 259 Å². The number of ketones is 2. The van der Waals surface area contributed by atoms with E-state index in [0.717, 1.165) is 113 Å². The van der Waals surface area contributed by atoms with Gasteiger partial charge >= 0.3 is 11.9 Å². The average Bonchev–Trinajstić information content (AvgIpc) is 1.54. The number of aliphatic carboxylic acids is 1. The molecule has 0 amide bonds. The van der Waals surface area contributed by atoms with Crippen LogP contribution in [-0.2, 0) is 33.4 Å². The van der Waals surface area contributed by atoms with Crippen LogP contribution in [0.2, 0.25) is 0 Å². The lowest BCUT2D eigenvalue weighted by atomic mass is 9.57. The molecule has 0 aromatic carbocycles. The minimum atomic E-state index is -0.768. The first-order chi connectivity index (χ1) is 43.2. The molecule has 0 aromatic heterocycles. The van der Waals surface area contributed by atoms with Crippen molar-refractivity contribution in [3.8, 4) is 0 Å². The lowest BCUT2D eigenvalue weighted by molar-refractivity contribution is -0.145. The fraction of sp³-hybridized carbons (Fsp3) is 0.667. The van der Waals surface area contributed by atoms with Gasteiger partial charge in [0.1, 0.15) is 0 Å². The van der Waals surface area contributed by atoms with Crippen molar-refractivity contribution in [1.29, 1.82) is 0 Å². The smallest absolute Gasteiger partial charge is 0.331 e. The van der Waals surface area contributed by atoms with Crippen LogP contribution in [0, 0.1) is 58.2 Å². The Balaban J connectivity index is 0. The average molecular weight is 1350 g/mol. The van der Waals surface area contributed by atoms with Crippen LogP contribution in [0.5, 0.6) is 0 Å². The maximum absolute atomic E-state index is 11.6. The fourth-order valence-corrected chi connectivity index (χ4v) is 12.2. The van der Waals surface area contributed by atoms with Gasteiger partial charge in [-0.2, -0.15) is 0 Å². The third-order valence-corrected chi connectivity index (χ3v) is 19.2. The predicted octanol–water partition coefficient (Wildman–Crippen LogP) is 21.5. The molecular formula is C81H133BrO10. The van der Waals surface area contributed by atoms with Crippen LogP contribution in [0.4, 0.5) is 0 Å². The van der Waals surface area contributed by atoms with Crippen LogP contribution in [-0.4, -0.2) is 76.6 Å². The fourth-order valence-electron chi connectivity index (χ4n) is 12.0. The minimum absolute atomic E-state index is 0.0417. The van der Waals surface area contributed by atoms with Crippen LogP contribution in [0.25, 0.3) is 0 Å². The van der Waals surface area contributed by atoms with Crippen molar-refractivity contribution in [2.75, 3.05) is 25.2 Å². The van der Waals surface area contributed by atoms with E-state index in [9.17, 15) is 29.1 Å². The number of hydrogen-bond acceptors (Lipinski definition) is 9. The first-order valence-electron chi connectivity index (χ1n) is 34.8. The Morgan fingerprint density at radius 3 is 1.86 bits per heavy atom. The molecule has 0 aliphatic heterocycles. The molecular weight excluding hydrogens is 1210 g/mol. The summed E-state index contributed by atoms with van der Waals surface area (Å²) in [4.78, 5) is 54.6. The van der Waals surface area contributed by atoms with E-state index < -0.39 is 5.97 Å². The molecule has 2 unspecified atom stereocenters. The molecule has 6 aliphatic rings. The Labute approximate surface area is 571 Å². The van der Waals surface area contributed by atoms with Gasteiger partial charge < -0.3 is 24.8 Å². The van der Waals surface area contributed by atoms with E-state index >= 15 is 0 Å². The van der Waals surface area contributed by atoms with Crippen molar-refractivity contribution in [3.05, 3.63) is 131 Å². The molecule has 3 saturated carbocycles. The summed E-state index contributed by atoms with van der Waals surface area (Å²) in [5, 5.41) is 27.9. The van der Waals surface area contributed by atoms with Gasteiger partial charge in [0.05, 0.1) is 25.2 Å². The number of aliphatic hydroxyl groups is 2. The lowest BCUT2D eigenvalue weighted by Crippen LogP contribution is -2.38. The Morgan fingerprint density at radius 2 is 1.40 bits per heavy atom. The zero-order valence-electron chi connectivity index (χ0n) is 61.5. The number of halogens is 1. The number of rotatable bonds is 23. The van der Waals surface area contributed by atoms with Crippen molar-refractivity contribution in [2.45, 2.75) is 266 Å². The molecule has 6 rings (SSSR count). The highest BCUT2D eigenvalue weighted by molar-refractivity contribution is 9.09. The molecule has 10 atom stereocenters. The summed E-state index contributed by atoms with van der Waals surface area (Å²) in [6.45, 7) is 55.4. The summed E-state index contributed by atoms with van der Waals surface area (Å²) in [7, 11) is 0. The number of carboxylic acid groups (broad SMARTS) is 1. The number of allylic oxidation sites excluding steroid dienone is 16. The predicted molar refractivity (Wildman–Crippen MR) is 394 cm³/mol. The van der Waals surface area contributed by atoms with Gasteiger partial charge in [0.2, 0.25) is 0 Å². The number of esters is 1.